The number of carbonyl (C=O) groups is 2. The second-order valence-electron chi connectivity index (χ2n) is 6.18. The van der Waals surface area contributed by atoms with E-state index < -0.39 is 11.9 Å². The van der Waals surface area contributed by atoms with E-state index in [1.165, 1.54) is 0 Å². The Kier molecular flexibility index (Phi) is 9.96. The minimum Gasteiger partial charge on any atom is -0.379 e. The lowest BCUT2D eigenvalue weighted by Crippen LogP contribution is -2.21. The molecule has 8 nitrogen and oxygen atoms in total. The lowest BCUT2D eigenvalue weighted by atomic mass is 10.2. The van der Waals surface area contributed by atoms with E-state index in [-0.39, 0.29) is 30.6 Å². The Labute approximate surface area is 175 Å². The molecule has 0 spiro atoms. The normalized spacial score (nSPS) is 10.8. The Morgan fingerprint density at radius 1 is 0.700 bits per heavy atom. The van der Waals surface area contributed by atoms with Crippen LogP contribution in [0.2, 0.25) is 0 Å². The standard InChI is InChI=1S/C22H24O8/c1-4-25-13-14-26-15-20(27-29-21(23)18-9-5-16(2)6-10-18)28-30-22(24)19-11-7-17(3)8-12-19/h5-12H,1,4,13-15H2,2-3H3. The summed E-state index contributed by atoms with van der Waals surface area (Å²) in [4.78, 5) is 43.4. The molecule has 0 aliphatic carbocycles. The van der Waals surface area contributed by atoms with E-state index in [2.05, 4.69) is 6.92 Å². The second kappa shape index (κ2) is 12.7. The van der Waals surface area contributed by atoms with Crippen LogP contribution in [0.3, 0.4) is 0 Å². The van der Waals surface area contributed by atoms with Crippen LogP contribution in [0.15, 0.2) is 48.5 Å². The van der Waals surface area contributed by atoms with Gasteiger partial charge in [-0.2, -0.15) is 0 Å². The van der Waals surface area contributed by atoms with E-state index in [1.807, 2.05) is 13.8 Å². The molecule has 0 amide bonds. The fourth-order valence-electron chi connectivity index (χ4n) is 2.08. The van der Waals surface area contributed by atoms with Crippen molar-refractivity contribution < 1.29 is 38.6 Å². The molecule has 0 bridgehead atoms. The summed E-state index contributed by atoms with van der Waals surface area (Å²) < 4.78 is 10.3. The van der Waals surface area contributed by atoms with Crippen LogP contribution in [-0.4, -0.2) is 38.4 Å². The number of aryl methyl sites for hydroxylation is 2. The van der Waals surface area contributed by atoms with Crippen LogP contribution in [0.1, 0.15) is 31.8 Å². The Balaban J connectivity index is 1.88. The highest BCUT2D eigenvalue weighted by Crippen LogP contribution is 2.13. The minimum atomic E-state index is -0.749. The van der Waals surface area contributed by atoms with Gasteiger partial charge in [-0.15, -0.1) is 9.78 Å². The highest BCUT2D eigenvalue weighted by atomic mass is 17.3. The zero-order chi connectivity index (χ0) is 21.8. The van der Waals surface area contributed by atoms with Gasteiger partial charge in [0.25, 0.3) is 0 Å². The van der Waals surface area contributed by atoms with Gasteiger partial charge in [-0.1, -0.05) is 35.4 Å². The fraction of sp³-hybridized carbons (Fsp3) is 0.273. The highest BCUT2D eigenvalue weighted by Gasteiger charge is 2.22. The van der Waals surface area contributed by atoms with Gasteiger partial charge in [-0.25, -0.2) is 9.59 Å². The van der Waals surface area contributed by atoms with Crippen molar-refractivity contribution in [2.24, 2.45) is 0 Å². The van der Waals surface area contributed by atoms with Gasteiger partial charge in [0, 0.05) is 6.61 Å². The lowest BCUT2D eigenvalue weighted by molar-refractivity contribution is -0.368. The van der Waals surface area contributed by atoms with E-state index in [0.717, 1.165) is 11.1 Å². The van der Waals surface area contributed by atoms with Crippen LogP contribution in [0.5, 0.6) is 0 Å². The summed E-state index contributed by atoms with van der Waals surface area (Å²) in [6.45, 7) is 7.85. The average Bonchev–Trinajstić information content (AvgIpc) is 2.75. The van der Waals surface area contributed by atoms with Gasteiger partial charge in [0.15, 0.2) is 0 Å². The first-order chi connectivity index (χ1) is 14.5. The molecule has 0 fully saturated rings. The number of ether oxygens (including phenoxy) is 2. The van der Waals surface area contributed by atoms with Crippen LogP contribution in [0.4, 0.5) is 0 Å². The Bertz CT molecular complexity index is 724. The first-order valence-corrected chi connectivity index (χ1v) is 9.21. The molecule has 0 saturated carbocycles. The number of hydrogen-bond donors (Lipinski definition) is 0. The van der Waals surface area contributed by atoms with Gasteiger partial charge in [-0.3, -0.25) is 9.78 Å². The van der Waals surface area contributed by atoms with Gasteiger partial charge >= 0.3 is 18.2 Å². The quantitative estimate of drug-likeness (QED) is 0.295. The van der Waals surface area contributed by atoms with Crippen LogP contribution >= 0.6 is 0 Å². The zero-order valence-electron chi connectivity index (χ0n) is 16.9. The number of rotatable bonds is 12. The summed E-state index contributed by atoms with van der Waals surface area (Å²) in [6.07, 6.45) is -0.370. The van der Waals surface area contributed by atoms with Crippen molar-refractivity contribution >= 4 is 11.9 Å². The van der Waals surface area contributed by atoms with Crippen molar-refractivity contribution in [1.82, 2.24) is 0 Å². The van der Waals surface area contributed by atoms with Crippen molar-refractivity contribution in [3.63, 3.8) is 0 Å². The third-order valence-corrected chi connectivity index (χ3v) is 3.73. The predicted octanol–water partition coefficient (Wildman–Crippen LogP) is 3.54. The van der Waals surface area contributed by atoms with Gasteiger partial charge in [0.05, 0.1) is 24.3 Å². The van der Waals surface area contributed by atoms with E-state index in [4.69, 9.17) is 29.0 Å². The molecule has 2 aromatic carbocycles. The molecule has 0 N–H and O–H groups in total. The Morgan fingerprint density at radius 2 is 1.13 bits per heavy atom. The maximum Gasteiger partial charge on any atom is 0.373 e. The first-order valence-electron chi connectivity index (χ1n) is 9.21. The summed E-state index contributed by atoms with van der Waals surface area (Å²) in [6, 6.07) is 13.4. The maximum absolute atomic E-state index is 12.1. The molecule has 0 saturated heterocycles. The summed E-state index contributed by atoms with van der Waals surface area (Å²) in [5.74, 6) is -1.50. The van der Waals surface area contributed by atoms with E-state index in [0.29, 0.717) is 13.2 Å². The molecular weight excluding hydrogens is 392 g/mol. The smallest absolute Gasteiger partial charge is 0.373 e. The third kappa shape index (κ3) is 8.30. The van der Waals surface area contributed by atoms with Crippen molar-refractivity contribution in [1.29, 1.82) is 0 Å². The summed E-state index contributed by atoms with van der Waals surface area (Å²) in [5.41, 5.74) is 2.54. The summed E-state index contributed by atoms with van der Waals surface area (Å²) >= 11 is 0. The van der Waals surface area contributed by atoms with E-state index in [1.54, 1.807) is 48.5 Å². The molecule has 0 aliphatic heterocycles. The van der Waals surface area contributed by atoms with Crippen molar-refractivity contribution in [2.45, 2.75) is 13.8 Å². The van der Waals surface area contributed by atoms with Crippen molar-refractivity contribution in [3.05, 3.63) is 84.0 Å². The topological polar surface area (TPSA) is 89.5 Å². The number of benzene rings is 2. The van der Waals surface area contributed by atoms with Crippen molar-refractivity contribution in [3.8, 4) is 0 Å². The lowest BCUT2D eigenvalue weighted by Gasteiger charge is -2.14. The first kappa shape index (κ1) is 23.5. The number of carbonyl (C=O) groups excluding carboxylic acids is 2. The molecule has 8 heteroatoms. The van der Waals surface area contributed by atoms with Gasteiger partial charge in [-0.05, 0) is 45.0 Å². The van der Waals surface area contributed by atoms with Crippen LogP contribution in [-0.2, 0) is 29.0 Å². The van der Waals surface area contributed by atoms with Crippen molar-refractivity contribution in [2.75, 3.05) is 26.4 Å². The van der Waals surface area contributed by atoms with Gasteiger partial charge in [0.2, 0.25) is 0 Å². The molecule has 0 aromatic heterocycles. The molecule has 2 radical (unpaired) electrons. The molecular formula is C22H24O8. The monoisotopic (exact) mass is 416 g/mol. The SMILES string of the molecule is [CH2]COCCOC[C](OOC(=O)c1ccc(C)cc1)OOC(=O)c1ccc(C)cc1. The molecule has 30 heavy (non-hydrogen) atoms. The molecule has 2 rings (SSSR count). The largest absolute Gasteiger partial charge is 0.379 e. The fourth-order valence-corrected chi connectivity index (χ4v) is 2.08. The third-order valence-electron chi connectivity index (χ3n) is 3.73. The molecule has 160 valence electrons. The van der Waals surface area contributed by atoms with E-state index in [9.17, 15) is 9.59 Å². The number of hydrogen-bond acceptors (Lipinski definition) is 8. The van der Waals surface area contributed by atoms with Gasteiger partial charge in [0.1, 0.15) is 6.61 Å². The Morgan fingerprint density at radius 3 is 1.57 bits per heavy atom. The Hall–Kier alpha value is -2.78. The predicted molar refractivity (Wildman–Crippen MR) is 106 cm³/mol. The van der Waals surface area contributed by atoms with Gasteiger partial charge < -0.3 is 9.47 Å². The average molecular weight is 416 g/mol. The molecule has 0 heterocycles. The molecule has 0 atom stereocenters. The summed E-state index contributed by atoms with van der Waals surface area (Å²) in [5, 5.41) is 0. The van der Waals surface area contributed by atoms with Crippen LogP contribution in [0, 0.1) is 27.1 Å². The van der Waals surface area contributed by atoms with Crippen LogP contribution < -0.4 is 0 Å². The van der Waals surface area contributed by atoms with E-state index >= 15 is 0 Å². The highest BCUT2D eigenvalue weighted by molar-refractivity contribution is 5.89. The van der Waals surface area contributed by atoms with Crippen LogP contribution in [0.25, 0.3) is 0 Å². The molecule has 2 aromatic rings. The summed E-state index contributed by atoms with van der Waals surface area (Å²) in [7, 11) is 0. The molecule has 0 aliphatic rings. The second-order valence-corrected chi connectivity index (χ2v) is 6.18. The minimum absolute atomic E-state index is 0.198. The zero-order valence-corrected chi connectivity index (χ0v) is 16.9. The molecule has 0 unspecified atom stereocenters. The maximum atomic E-state index is 12.1.